The monoisotopic (exact) mass is 608 g/mol. The highest BCUT2D eigenvalue weighted by Crippen LogP contribution is 2.32. The van der Waals surface area contributed by atoms with Crippen molar-refractivity contribution in [1.29, 1.82) is 0 Å². The minimum atomic E-state index is -1.28. The lowest BCUT2D eigenvalue weighted by Gasteiger charge is -2.49. The Morgan fingerprint density at radius 2 is 1.55 bits per heavy atom. The molecule has 2 aromatic carbocycles. The van der Waals surface area contributed by atoms with Crippen LogP contribution < -0.4 is 10.6 Å². The number of aliphatic hydroxyl groups excluding tert-OH is 1. The van der Waals surface area contributed by atoms with Crippen molar-refractivity contribution in [2.75, 3.05) is 19.6 Å². The number of nitrogens with zero attached hydrogens (tertiary/aromatic N) is 2. The van der Waals surface area contributed by atoms with Crippen LogP contribution in [0.1, 0.15) is 78.4 Å². The second kappa shape index (κ2) is 16.0. The summed E-state index contributed by atoms with van der Waals surface area (Å²) in [5, 5.41) is 17.0. The Bertz CT molecular complexity index is 1190. The molecule has 9 nitrogen and oxygen atoms in total. The van der Waals surface area contributed by atoms with E-state index in [4.69, 9.17) is 4.74 Å². The highest BCUT2D eigenvalue weighted by Gasteiger charge is 2.50. The van der Waals surface area contributed by atoms with Gasteiger partial charge in [0.1, 0.15) is 17.2 Å². The van der Waals surface area contributed by atoms with Gasteiger partial charge in [-0.1, -0.05) is 87.9 Å². The number of rotatable bonds is 13. The molecule has 2 aromatic rings. The van der Waals surface area contributed by atoms with Crippen molar-refractivity contribution in [3.8, 4) is 0 Å². The summed E-state index contributed by atoms with van der Waals surface area (Å²) >= 11 is 0. The molecule has 1 fully saturated rings. The van der Waals surface area contributed by atoms with Gasteiger partial charge >= 0.3 is 6.09 Å². The smallest absolute Gasteiger partial charge is 0.408 e. The summed E-state index contributed by atoms with van der Waals surface area (Å²) in [4.78, 5) is 45.7. The molecule has 2 unspecified atom stereocenters. The van der Waals surface area contributed by atoms with Crippen LogP contribution in [-0.4, -0.2) is 75.7 Å². The zero-order valence-corrected chi connectivity index (χ0v) is 27.3. The molecular weight excluding hydrogens is 556 g/mol. The van der Waals surface area contributed by atoms with Crippen molar-refractivity contribution >= 4 is 17.9 Å². The maximum absolute atomic E-state index is 14.6. The predicted molar refractivity (Wildman–Crippen MR) is 173 cm³/mol. The summed E-state index contributed by atoms with van der Waals surface area (Å²) in [6.45, 7) is 13.5. The Labute approximate surface area is 263 Å². The molecule has 0 bridgehead atoms. The average molecular weight is 609 g/mol. The first-order valence-electron chi connectivity index (χ1n) is 15.9. The molecule has 1 saturated heterocycles. The maximum atomic E-state index is 14.6. The maximum Gasteiger partial charge on any atom is 0.408 e. The van der Waals surface area contributed by atoms with Gasteiger partial charge in [-0.25, -0.2) is 4.79 Å². The van der Waals surface area contributed by atoms with Gasteiger partial charge in [0.25, 0.3) is 0 Å². The lowest BCUT2D eigenvalue weighted by Crippen LogP contribution is -2.68. The van der Waals surface area contributed by atoms with Gasteiger partial charge in [-0.05, 0) is 57.1 Å². The van der Waals surface area contributed by atoms with Crippen LogP contribution in [0.15, 0.2) is 60.7 Å². The third-order valence-electron chi connectivity index (χ3n) is 8.13. The van der Waals surface area contributed by atoms with Crippen LogP contribution in [0.3, 0.4) is 0 Å². The van der Waals surface area contributed by atoms with Gasteiger partial charge in [0.15, 0.2) is 0 Å². The van der Waals surface area contributed by atoms with Crippen molar-refractivity contribution in [3.05, 3.63) is 71.8 Å². The first-order chi connectivity index (χ1) is 20.9. The number of aliphatic hydroxyl groups is 1. The number of ether oxygens (including phenoxy) is 1. The van der Waals surface area contributed by atoms with Crippen LogP contribution in [-0.2, 0) is 27.4 Å². The van der Waals surface area contributed by atoms with E-state index in [2.05, 4.69) is 27.7 Å². The van der Waals surface area contributed by atoms with E-state index in [-0.39, 0.29) is 11.8 Å². The van der Waals surface area contributed by atoms with Crippen molar-refractivity contribution in [2.45, 2.75) is 104 Å². The van der Waals surface area contributed by atoms with Crippen LogP contribution in [0.25, 0.3) is 0 Å². The first kappa shape index (κ1) is 35.1. The Morgan fingerprint density at radius 3 is 2.07 bits per heavy atom. The second-order valence-electron chi connectivity index (χ2n) is 13.2. The van der Waals surface area contributed by atoms with Crippen LogP contribution in [0.4, 0.5) is 4.79 Å². The minimum absolute atomic E-state index is 0.222. The number of hydrogen-bond acceptors (Lipinski definition) is 6. The Hall–Kier alpha value is -3.43. The highest BCUT2D eigenvalue weighted by atomic mass is 16.6. The van der Waals surface area contributed by atoms with E-state index in [1.165, 1.54) is 5.56 Å². The highest BCUT2D eigenvalue weighted by molar-refractivity contribution is 5.94. The molecule has 0 spiro atoms. The summed E-state index contributed by atoms with van der Waals surface area (Å²) in [5.74, 6) is -1.03. The molecule has 0 saturated carbocycles. The van der Waals surface area contributed by atoms with Gasteiger partial charge < -0.3 is 25.4 Å². The van der Waals surface area contributed by atoms with Gasteiger partial charge in [-0.3, -0.25) is 14.5 Å². The molecule has 3 N–H and O–H groups in total. The Morgan fingerprint density at radius 1 is 0.977 bits per heavy atom. The lowest BCUT2D eigenvalue weighted by molar-refractivity contribution is -0.155. The van der Waals surface area contributed by atoms with E-state index >= 15 is 0 Å². The number of likely N-dealkylation sites (tertiary alicyclic amines) is 1. The van der Waals surface area contributed by atoms with Crippen LogP contribution in [0.2, 0.25) is 0 Å². The molecule has 2 atom stereocenters. The van der Waals surface area contributed by atoms with Crippen LogP contribution >= 0.6 is 0 Å². The van der Waals surface area contributed by atoms with Crippen molar-refractivity contribution in [3.63, 3.8) is 0 Å². The number of benzene rings is 2. The molecule has 44 heavy (non-hydrogen) atoms. The van der Waals surface area contributed by atoms with E-state index < -0.39 is 35.3 Å². The molecule has 0 aromatic heterocycles. The van der Waals surface area contributed by atoms with Gasteiger partial charge in [-0.15, -0.1) is 0 Å². The number of nitrogens with one attached hydrogen (secondary N) is 2. The van der Waals surface area contributed by atoms with Gasteiger partial charge in [-0.2, -0.15) is 0 Å². The largest absolute Gasteiger partial charge is 0.444 e. The Balaban J connectivity index is 1.96. The molecule has 242 valence electrons. The van der Waals surface area contributed by atoms with E-state index in [9.17, 15) is 19.5 Å². The summed E-state index contributed by atoms with van der Waals surface area (Å²) in [7, 11) is 0. The molecule has 1 heterocycles. The molecule has 1 aliphatic rings. The first-order valence-corrected chi connectivity index (χ1v) is 15.9. The number of amides is 3. The molecule has 9 heteroatoms. The third kappa shape index (κ3) is 9.79. The summed E-state index contributed by atoms with van der Waals surface area (Å²) in [6.07, 6.45) is 0.361. The topological polar surface area (TPSA) is 111 Å². The minimum Gasteiger partial charge on any atom is -0.444 e. The van der Waals surface area contributed by atoms with E-state index in [0.29, 0.717) is 45.4 Å². The summed E-state index contributed by atoms with van der Waals surface area (Å²) < 4.78 is 5.47. The molecule has 1 aliphatic heterocycles. The third-order valence-corrected chi connectivity index (χ3v) is 8.13. The molecule has 3 amide bonds. The predicted octanol–water partition coefficient (Wildman–Crippen LogP) is 4.88. The van der Waals surface area contributed by atoms with E-state index in [1.54, 1.807) is 39.5 Å². The number of hydrogen-bond donors (Lipinski definition) is 3. The fourth-order valence-corrected chi connectivity index (χ4v) is 5.62. The van der Waals surface area contributed by atoms with E-state index in [0.717, 1.165) is 18.5 Å². The number of carbonyl (C=O) groups excluding carboxylic acids is 3. The zero-order chi connectivity index (χ0) is 32.3. The van der Waals surface area contributed by atoms with Crippen LogP contribution in [0.5, 0.6) is 0 Å². The summed E-state index contributed by atoms with van der Waals surface area (Å²) in [5.41, 5.74) is 0.212. The van der Waals surface area contributed by atoms with Crippen molar-refractivity contribution < 1.29 is 24.2 Å². The number of piperidine rings is 1. The summed E-state index contributed by atoms with van der Waals surface area (Å²) in [6, 6.07) is 18.6. The van der Waals surface area contributed by atoms with Crippen molar-refractivity contribution in [1.82, 2.24) is 20.4 Å². The van der Waals surface area contributed by atoms with E-state index in [1.807, 2.05) is 55.5 Å². The van der Waals surface area contributed by atoms with Gasteiger partial charge in [0.05, 0.1) is 6.10 Å². The second-order valence-corrected chi connectivity index (χ2v) is 13.2. The van der Waals surface area contributed by atoms with Gasteiger partial charge in [0, 0.05) is 32.7 Å². The lowest BCUT2D eigenvalue weighted by atomic mass is 9.82. The Kier molecular flexibility index (Phi) is 12.8. The fraction of sp³-hybridized carbons (Fsp3) is 0.571. The molecule has 0 aliphatic carbocycles. The SMILES string of the molecule is CCCCN(C(=O)C(NC(=O)OC(C)(C)C)C(O)C(C)C)C1(C(=O)NCc2ccccc2)CCN(Cc2ccccc2)CC1. The molecular formula is C35H52N4O5. The number of alkyl carbamates (subject to hydrolysis) is 1. The number of carbonyl (C=O) groups is 3. The van der Waals surface area contributed by atoms with Crippen LogP contribution in [0, 0.1) is 5.92 Å². The normalized spacial score (nSPS) is 16.5. The van der Waals surface area contributed by atoms with Crippen molar-refractivity contribution in [2.24, 2.45) is 5.92 Å². The number of unbranched alkanes of at least 4 members (excludes halogenated alkanes) is 1. The standard InChI is InChI=1S/C35H52N4O5/c1-7-8-21-39(31(41)29(30(40)26(2)3)37-33(43)44-34(4,5)6)35(32(42)36-24-27-15-11-9-12-16-27)19-22-38(23-20-35)25-28-17-13-10-14-18-28/h9-18,26,29-30,40H,7-8,19-25H2,1-6H3,(H,36,42)(H,37,43). The quantitative estimate of drug-likeness (QED) is 0.299. The van der Waals surface area contributed by atoms with Gasteiger partial charge in [0.2, 0.25) is 11.8 Å². The molecule has 0 radical (unpaired) electrons. The zero-order valence-electron chi connectivity index (χ0n) is 27.3. The molecule has 3 rings (SSSR count). The fourth-order valence-electron chi connectivity index (χ4n) is 5.62. The average Bonchev–Trinajstić information content (AvgIpc) is 2.99.